The van der Waals surface area contributed by atoms with Crippen molar-refractivity contribution in [3.63, 3.8) is 0 Å². The molecule has 3 rings (SSSR count). The van der Waals surface area contributed by atoms with Crippen molar-refractivity contribution < 1.29 is 9.47 Å². The van der Waals surface area contributed by atoms with Gasteiger partial charge >= 0.3 is 0 Å². The molecule has 0 fully saturated rings. The van der Waals surface area contributed by atoms with Gasteiger partial charge in [0, 0.05) is 6.54 Å². The third kappa shape index (κ3) is 2.55. The molecule has 1 aromatic carbocycles. The molecule has 0 amide bonds. The molecular weight excluding hydrogens is 266 g/mol. The summed E-state index contributed by atoms with van der Waals surface area (Å²) in [6.45, 7) is 7.78. The Hall–Kier alpha value is -2.17. The molecule has 0 aromatic heterocycles. The van der Waals surface area contributed by atoms with Crippen molar-refractivity contribution in [2.45, 2.75) is 25.3 Å². The first-order valence-corrected chi connectivity index (χ1v) is 7.19. The minimum atomic E-state index is -0.0470. The van der Waals surface area contributed by atoms with E-state index in [4.69, 9.17) is 15.2 Å². The molecule has 1 atom stereocenters. The van der Waals surface area contributed by atoms with Crippen molar-refractivity contribution in [2.24, 2.45) is 10.7 Å². The second kappa shape index (κ2) is 5.31. The van der Waals surface area contributed by atoms with E-state index >= 15 is 0 Å². The summed E-state index contributed by atoms with van der Waals surface area (Å²) in [6, 6.07) is 6.12. The zero-order valence-corrected chi connectivity index (χ0v) is 12.3. The van der Waals surface area contributed by atoms with Gasteiger partial charge in [-0.15, -0.1) is 6.58 Å². The lowest BCUT2D eigenvalue weighted by Crippen LogP contribution is -2.49. The highest BCUT2D eigenvalue weighted by molar-refractivity contribution is 5.81. The van der Waals surface area contributed by atoms with E-state index in [-0.39, 0.29) is 5.54 Å². The Balaban J connectivity index is 1.68. The molecule has 0 radical (unpaired) electrons. The zero-order chi connectivity index (χ0) is 14.9. The van der Waals surface area contributed by atoms with Crippen molar-refractivity contribution in [1.82, 2.24) is 4.90 Å². The first-order valence-electron chi connectivity index (χ1n) is 7.19. The van der Waals surface area contributed by atoms with Gasteiger partial charge in [0.15, 0.2) is 17.5 Å². The molecule has 2 heterocycles. The normalized spacial score (nSPS) is 23.3. The summed E-state index contributed by atoms with van der Waals surface area (Å²) in [5.41, 5.74) is 7.17. The molecule has 5 nitrogen and oxygen atoms in total. The number of hydrogen-bond acceptors (Lipinski definition) is 5. The van der Waals surface area contributed by atoms with Gasteiger partial charge in [0.05, 0.1) is 12.1 Å². The van der Waals surface area contributed by atoms with Gasteiger partial charge in [-0.05, 0) is 37.5 Å². The monoisotopic (exact) mass is 287 g/mol. The summed E-state index contributed by atoms with van der Waals surface area (Å²) < 4.78 is 10.8. The molecule has 21 heavy (non-hydrogen) atoms. The molecule has 2 aliphatic heterocycles. The van der Waals surface area contributed by atoms with Crippen molar-refractivity contribution in [3.8, 4) is 11.5 Å². The molecule has 5 heteroatoms. The molecular formula is C16H21N3O2. The molecule has 0 saturated carbocycles. The van der Waals surface area contributed by atoms with Gasteiger partial charge < -0.3 is 20.1 Å². The Kier molecular flexibility index (Phi) is 3.49. The highest BCUT2D eigenvalue weighted by Gasteiger charge is 2.36. The highest BCUT2D eigenvalue weighted by Crippen LogP contribution is 2.34. The van der Waals surface area contributed by atoms with Crippen LogP contribution < -0.4 is 15.2 Å². The number of ether oxygens (including phenoxy) is 2. The topological polar surface area (TPSA) is 60.1 Å². The minimum absolute atomic E-state index is 0.0470. The third-order valence-corrected chi connectivity index (χ3v) is 4.21. The minimum Gasteiger partial charge on any atom is -0.454 e. The fourth-order valence-electron chi connectivity index (χ4n) is 2.87. The van der Waals surface area contributed by atoms with Crippen LogP contribution in [0.5, 0.6) is 11.5 Å². The average Bonchev–Trinajstić information content (AvgIpc) is 3.05. The summed E-state index contributed by atoms with van der Waals surface area (Å²) in [4.78, 5) is 6.52. The molecule has 112 valence electrons. The van der Waals surface area contributed by atoms with E-state index in [0.29, 0.717) is 12.8 Å². The van der Waals surface area contributed by atoms with Gasteiger partial charge in [-0.2, -0.15) is 0 Å². The van der Waals surface area contributed by atoms with Crippen LogP contribution in [0.3, 0.4) is 0 Å². The zero-order valence-electron chi connectivity index (χ0n) is 12.3. The fraction of sp³-hybridized carbons (Fsp3) is 0.438. The number of fused-ring (bicyclic) bond motifs is 1. The van der Waals surface area contributed by atoms with Crippen LogP contribution in [0.15, 0.2) is 35.8 Å². The smallest absolute Gasteiger partial charge is 0.231 e. The second-order valence-electron chi connectivity index (χ2n) is 5.76. The first-order chi connectivity index (χ1) is 10.1. The van der Waals surface area contributed by atoms with Crippen LogP contribution >= 0.6 is 0 Å². The third-order valence-electron chi connectivity index (χ3n) is 4.21. The Bertz CT molecular complexity index is 585. The summed E-state index contributed by atoms with van der Waals surface area (Å²) in [6.07, 6.45) is 3.79. The van der Waals surface area contributed by atoms with Crippen LogP contribution in [0.25, 0.3) is 0 Å². The SMILES string of the molecule is C=CCN1C(N)=NCC1(C)CCc1ccc2c(c1)OCO2. The van der Waals surface area contributed by atoms with Crippen LogP contribution in [0.4, 0.5) is 0 Å². The molecule has 0 bridgehead atoms. The molecule has 0 spiro atoms. The van der Waals surface area contributed by atoms with Crippen LogP contribution in [0, 0.1) is 0 Å². The lowest BCUT2D eigenvalue weighted by atomic mass is 9.92. The maximum atomic E-state index is 5.98. The molecule has 1 aromatic rings. The van der Waals surface area contributed by atoms with E-state index in [9.17, 15) is 0 Å². The van der Waals surface area contributed by atoms with E-state index in [1.54, 1.807) is 0 Å². The van der Waals surface area contributed by atoms with E-state index in [0.717, 1.165) is 37.4 Å². The highest BCUT2D eigenvalue weighted by atomic mass is 16.7. The number of guanidine groups is 1. The first kappa shape index (κ1) is 13.8. The fourth-order valence-corrected chi connectivity index (χ4v) is 2.87. The van der Waals surface area contributed by atoms with E-state index in [1.807, 2.05) is 12.1 Å². The molecule has 0 aliphatic carbocycles. The number of nitrogens with two attached hydrogens (primary N) is 1. The van der Waals surface area contributed by atoms with Gasteiger partial charge in [-0.3, -0.25) is 4.99 Å². The van der Waals surface area contributed by atoms with Crippen LogP contribution in [-0.4, -0.2) is 36.3 Å². The molecule has 2 aliphatic rings. The van der Waals surface area contributed by atoms with Gasteiger partial charge in [-0.1, -0.05) is 12.1 Å². The van der Waals surface area contributed by atoms with E-state index in [1.165, 1.54) is 5.56 Å². The quantitative estimate of drug-likeness (QED) is 0.841. The van der Waals surface area contributed by atoms with Gasteiger partial charge in [0.1, 0.15) is 0 Å². The largest absolute Gasteiger partial charge is 0.454 e. The number of rotatable bonds is 5. The Labute approximate surface area is 125 Å². The van der Waals surface area contributed by atoms with Crippen LogP contribution in [-0.2, 0) is 6.42 Å². The van der Waals surface area contributed by atoms with E-state index < -0.39 is 0 Å². The molecule has 1 unspecified atom stereocenters. The summed E-state index contributed by atoms with van der Waals surface area (Å²) in [5.74, 6) is 2.28. The van der Waals surface area contributed by atoms with Crippen molar-refractivity contribution in [1.29, 1.82) is 0 Å². The predicted octanol–water partition coefficient (Wildman–Crippen LogP) is 1.92. The molecule has 2 N–H and O–H groups in total. The summed E-state index contributed by atoms with van der Waals surface area (Å²) >= 11 is 0. The maximum Gasteiger partial charge on any atom is 0.231 e. The second-order valence-corrected chi connectivity index (χ2v) is 5.76. The Morgan fingerprint density at radius 3 is 3.05 bits per heavy atom. The van der Waals surface area contributed by atoms with Crippen molar-refractivity contribution >= 4 is 5.96 Å². The van der Waals surface area contributed by atoms with Gasteiger partial charge in [-0.25, -0.2) is 0 Å². The number of aryl methyl sites for hydroxylation is 1. The lowest BCUT2D eigenvalue weighted by molar-refractivity contribution is 0.174. The average molecular weight is 287 g/mol. The van der Waals surface area contributed by atoms with Gasteiger partial charge in [0.25, 0.3) is 0 Å². The molecule has 0 saturated heterocycles. The van der Waals surface area contributed by atoms with Crippen LogP contribution in [0.2, 0.25) is 0 Å². The summed E-state index contributed by atoms with van der Waals surface area (Å²) in [7, 11) is 0. The van der Waals surface area contributed by atoms with Crippen molar-refractivity contribution in [3.05, 3.63) is 36.4 Å². The Morgan fingerprint density at radius 2 is 2.24 bits per heavy atom. The summed E-state index contributed by atoms with van der Waals surface area (Å²) in [5, 5.41) is 0. The number of hydrogen-bond donors (Lipinski definition) is 1. The van der Waals surface area contributed by atoms with E-state index in [2.05, 4.69) is 35.5 Å². The van der Waals surface area contributed by atoms with Gasteiger partial charge in [0.2, 0.25) is 6.79 Å². The van der Waals surface area contributed by atoms with Crippen molar-refractivity contribution in [2.75, 3.05) is 19.9 Å². The standard InChI is InChI=1S/C16H21N3O2/c1-3-8-19-15(17)18-10-16(19,2)7-6-12-4-5-13-14(9-12)21-11-20-13/h3-5,9H,1,6-8,10-11H2,2H3,(H2,17,18). The number of aliphatic imine (C=N–C) groups is 1. The predicted molar refractivity (Wildman–Crippen MR) is 82.7 cm³/mol. The number of nitrogens with zero attached hydrogens (tertiary/aromatic N) is 2. The lowest BCUT2D eigenvalue weighted by Gasteiger charge is -2.35. The Morgan fingerprint density at radius 1 is 1.43 bits per heavy atom. The van der Waals surface area contributed by atoms with Crippen LogP contribution in [0.1, 0.15) is 18.9 Å². The number of benzene rings is 1. The maximum absolute atomic E-state index is 5.98.